The highest BCUT2D eigenvalue weighted by molar-refractivity contribution is 6.01. The number of rotatable bonds is 4. The monoisotopic (exact) mass is 300 g/mol. The molecule has 2 rings (SSSR count). The first-order chi connectivity index (χ1) is 10.5. The molecule has 22 heavy (non-hydrogen) atoms. The fourth-order valence-corrected chi connectivity index (χ4v) is 1.85. The van der Waals surface area contributed by atoms with Crippen LogP contribution >= 0.6 is 0 Å². The highest BCUT2D eigenvalue weighted by Crippen LogP contribution is 2.18. The number of benzene rings is 2. The summed E-state index contributed by atoms with van der Waals surface area (Å²) in [6.45, 7) is 1.79. The number of urea groups is 1. The molecule has 114 valence electrons. The molecule has 0 fully saturated rings. The number of amides is 2. The van der Waals surface area contributed by atoms with E-state index in [-0.39, 0.29) is 5.56 Å². The van der Waals surface area contributed by atoms with Crippen LogP contribution in [0.3, 0.4) is 0 Å². The van der Waals surface area contributed by atoms with Crippen LogP contribution in [0, 0.1) is 6.92 Å². The second-order valence-electron chi connectivity index (χ2n) is 4.64. The highest BCUT2D eigenvalue weighted by atomic mass is 16.5. The maximum absolute atomic E-state index is 12.0. The molecule has 0 atom stereocenters. The van der Waals surface area contributed by atoms with Crippen molar-refractivity contribution >= 4 is 23.4 Å². The van der Waals surface area contributed by atoms with Crippen molar-refractivity contribution in [3.05, 3.63) is 53.6 Å². The summed E-state index contributed by atoms with van der Waals surface area (Å²) in [5.41, 5.74) is 1.94. The predicted octanol–water partition coefficient (Wildman–Crippen LogP) is 3.35. The normalized spacial score (nSPS) is 9.91. The van der Waals surface area contributed by atoms with Gasteiger partial charge in [-0.1, -0.05) is 6.07 Å². The minimum Gasteiger partial charge on any atom is -0.497 e. The summed E-state index contributed by atoms with van der Waals surface area (Å²) in [5.74, 6) is -0.352. The van der Waals surface area contributed by atoms with Crippen LogP contribution in [0.15, 0.2) is 42.5 Å². The Hall–Kier alpha value is -3.02. The van der Waals surface area contributed by atoms with E-state index in [0.29, 0.717) is 17.1 Å². The summed E-state index contributed by atoms with van der Waals surface area (Å²) in [4.78, 5) is 22.9. The van der Waals surface area contributed by atoms with Gasteiger partial charge in [-0.2, -0.15) is 0 Å². The van der Waals surface area contributed by atoms with Crippen LogP contribution in [0.2, 0.25) is 0 Å². The molecule has 6 nitrogen and oxygen atoms in total. The van der Waals surface area contributed by atoms with Crippen molar-refractivity contribution < 1.29 is 19.4 Å². The zero-order valence-electron chi connectivity index (χ0n) is 12.2. The number of hydrogen-bond acceptors (Lipinski definition) is 3. The van der Waals surface area contributed by atoms with E-state index in [1.165, 1.54) is 12.1 Å². The number of anilines is 2. The average Bonchev–Trinajstić information content (AvgIpc) is 2.50. The lowest BCUT2D eigenvalue weighted by molar-refractivity contribution is 0.0697. The number of carbonyl (C=O) groups excluding carboxylic acids is 1. The molecule has 0 aliphatic rings. The van der Waals surface area contributed by atoms with E-state index in [0.717, 1.165) is 5.56 Å². The molecule has 2 amide bonds. The Bertz CT molecular complexity index is 696. The highest BCUT2D eigenvalue weighted by Gasteiger charge is 2.09. The predicted molar refractivity (Wildman–Crippen MR) is 83.8 cm³/mol. The molecular weight excluding hydrogens is 284 g/mol. The number of hydrogen-bond donors (Lipinski definition) is 3. The molecule has 0 aliphatic carbocycles. The van der Waals surface area contributed by atoms with Crippen LogP contribution in [0.25, 0.3) is 0 Å². The van der Waals surface area contributed by atoms with E-state index < -0.39 is 12.0 Å². The third-order valence-corrected chi connectivity index (χ3v) is 3.08. The Morgan fingerprint density at radius 1 is 1.05 bits per heavy atom. The Morgan fingerprint density at radius 2 is 1.73 bits per heavy atom. The minimum atomic E-state index is -1.04. The van der Waals surface area contributed by atoms with Crippen LogP contribution in [-0.4, -0.2) is 24.2 Å². The summed E-state index contributed by atoms with van der Waals surface area (Å²) < 4.78 is 5.04. The van der Waals surface area contributed by atoms with Gasteiger partial charge in [0.05, 0.1) is 12.7 Å². The molecule has 2 aromatic carbocycles. The number of aryl methyl sites for hydroxylation is 1. The van der Waals surface area contributed by atoms with Crippen molar-refractivity contribution in [1.29, 1.82) is 0 Å². The van der Waals surface area contributed by atoms with Crippen molar-refractivity contribution in [2.75, 3.05) is 17.7 Å². The van der Waals surface area contributed by atoms with E-state index in [4.69, 9.17) is 9.84 Å². The first-order valence-electron chi connectivity index (χ1n) is 6.55. The topological polar surface area (TPSA) is 87.7 Å². The maximum Gasteiger partial charge on any atom is 0.335 e. The second-order valence-corrected chi connectivity index (χ2v) is 4.64. The van der Waals surface area contributed by atoms with Gasteiger partial charge in [-0.25, -0.2) is 9.59 Å². The number of carboxylic acid groups (broad SMARTS) is 1. The Kier molecular flexibility index (Phi) is 4.63. The molecule has 0 saturated heterocycles. The van der Waals surface area contributed by atoms with E-state index in [1.807, 2.05) is 0 Å². The zero-order chi connectivity index (χ0) is 16.1. The summed E-state index contributed by atoms with van der Waals surface area (Å²) >= 11 is 0. The van der Waals surface area contributed by atoms with Crippen LogP contribution in [-0.2, 0) is 0 Å². The zero-order valence-corrected chi connectivity index (χ0v) is 12.2. The van der Waals surface area contributed by atoms with Crippen molar-refractivity contribution in [3.63, 3.8) is 0 Å². The number of carbonyl (C=O) groups is 2. The van der Waals surface area contributed by atoms with Crippen LogP contribution in [0.5, 0.6) is 5.75 Å². The van der Waals surface area contributed by atoms with Crippen LogP contribution < -0.4 is 15.4 Å². The molecule has 6 heteroatoms. The largest absolute Gasteiger partial charge is 0.497 e. The first-order valence-corrected chi connectivity index (χ1v) is 6.55. The van der Waals surface area contributed by atoms with E-state index in [9.17, 15) is 9.59 Å². The van der Waals surface area contributed by atoms with Gasteiger partial charge >= 0.3 is 12.0 Å². The third kappa shape index (κ3) is 3.76. The molecule has 0 aliphatic heterocycles. The number of carboxylic acids is 1. The minimum absolute atomic E-state index is 0.116. The van der Waals surface area contributed by atoms with E-state index >= 15 is 0 Å². The van der Waals surface area contributed by atoms with Gasteiger partial charge in [0, 0.05) is 11.4 Å². The Labute approximate surface area is 127 Å². The van der Waals surface area contributed by atoms with Gasteiger partial charge in [0.15, 0.2) is 0 Å². The molecule has 0 heterocycles. The fraction of sp³-hybridized carbons (Fsp3) is 0.125. The Balaban J connectivity index is 2.08. The fourth-order valence-electron chi connectivity index (χ4n) is 1.85. The quantitative estimate of drug-likeness (QED) is 0.808. The van der Waals surface area contributed by atoms with Gasteiger partial charge in [0.1, 0.15) is 5.75 Å². The van der Waals surface area contributed by atoms with Gasteiger partial charge in [-0.3, -0.25) is 0 Å². The van der Waals surface area contributed by atoms with Crippen molar-refractivity contribution in [2.45, 2.75) is 6.92 Å². The van der Waals surface area contributed by atoms with E-state index in [2.05, 4.69) is 10.6 Å². The first kappa shape index (κ1) is 15.4. The summed E-state index contributed by atoms with van der Waals surface area (Å²) in [6.07, 6.45) is 0. The molecular formula is C16H16N2O4. The van der Waals surface area contributed by atoms with E-state index in [1.54, 1.807) is 44.4 Å². The molecule has 0 unspecified atom stereocenters. The van der Waals surface area contributed by atoms with Gasteiger partial charge in [0.2, 0.25) is 0 Å². The van der Waals surface area contributed by atoms with Crippen molar-refractivity contribution in [2.24, 2.45) is 0 Å². The summed E-state index contributed by atoms with van der Waals surface area (Å²) in [5, 5.41) is 14.3. The van der Waals surface area contributed by atoms with Gasteiger partial charge < -0.3 is 20.5 Å². The van der Waals surface area contributed by atoms with Crippen molar-refractivity contribution in [3.8, 4) is 5.75 Å². The number of aromatic carboxylic acids is 1. The number of ether oxygens (including phenoxy) is 1. The SMILES string of the molecule is COc1ccc(NC(=O)Nc2cc(C(=O)O)ccc2C)cc1. The lowest BCUT2D eigenvalue weighted by Crippen LogP contribution is -2.20. The lowest BCUT2D eigenvalue weighted by Gasteiger charge is -2.11. The van der Waals surface area contributed by atoms with Gasteiger partial charge in [0.25, 0.3) is 0 Å². The maximum atomic E-state index is 12.0. The smallest absolute Gasteiger partial charge is 0.335 e. The number of methoxy groups -OCH3 is 1. The van der Waals surface area contributed by atoms with Crippen LogP contribution in [0.4, 0.5) is 16.2 Å². The second kappa shape index (κ2) is 6.62. The summed E-state index contributed by atoms with van der Waals surface area (Å²) in [6, 6.07) is 11.0. The Morgan fingerprint density at radius 3 is 2.32 bits per heavy atom. The van der Waals surface area contributed by atoms with Gasteiger partial charge in [-0.15, -0.1) is 0 Å². The van der Waals surface area contributed by atoms with Gasteiger partial charge in [-0.05, 0) is 48.9 Å². The standard InChI is InChI=1S/C16H16N2O4/c1-10-3-4-11(15(19)20)9-14(10)18-16(21)17-12-5-7-13(22-2)8-6-12/h3-9H,1-2H3,(H,19,20)(H2,17,18,21). The average molecular weight is 300 g/mol. The summed E-state index contributed by atoms with van der Waals surface area (Å²) in [7, 11) is 1.56. The molecule has 2 aromatic rings. The molecule has 0 radical (unpaired) electrons. The van der Waals surface area contributed by atoms with Crippen molar-refractivity contribution in [1.82, 2.24) is 0 Å². The number of nitrogens with one attached hydrogen (secondary N) is 2. The van der Waals surface area contributed by atoms with Crippen LogP contribution in [0.1, 0.15) is 15.9 Å². The molecule has 0 spiro atoms. The molecule has 3 N–H and O–H groups in total. The molecule has 0 saturated carbocycles. The third-order valence-electron chi connectivity index (χ3n) is 3.08. The molecule has 0 bridgehead atoms. The molecule has 0 aromatic heterocycles. The lowest BCUT2D eigenvalue weighted by atomic mass is 10.1.